The third-order valence-electron chi connectivity index (χ3n) is 3.34. The van der Waals surface area contributed by atoms with Crippen molar-refractivity contribution in [2.75, 3.05) is 5.32 Å². The van der Waals surface area contributed by atoms with E-state index in [1.807, 2.05) is 24.3 Å². The molecule has 4 nitrogen and oxygen atoms in total. The fraction of sp³-hybridized carbons (Fsp3) is 0.294. The highest BCUT2D eigenvalue weighted by atomic mass is 16.2. The van der Waals surface area contributed by atoms with Crippen molar-refractivity contribution < 1.29 is 9.59 Å². The Morgan fingerprint density at radius 3 is 2.19 bits per heavy atom. The Balaban J connectivity index is 2.10. The number of benzene rings is 1. The van der Waals surface area contributed by atoms with E-state index in [9.17, 15) is 9.59 Å². The van der Waals surface area contributed by atoms with Gasteiger partial charge in [0, 0.05) is 17.4 Å². The largest absolute Gasteiger partial charge is 0.356 e. The van der Waals surface area contributed by atoms with Crippen LogP contribution in [0.3, 0.4) is 0 Å². The normalized spacial score (nSPS) is 11.2. The summed E-state index contributed by atoms with van der Waals surface area (Å²) in [5.74, 6) is -0.328. The molecule has 21 heavy (non-hydrogen) atoms. The van der Waals surface area contributed by atoms with Crippen molar-refractivity contribution >= 4 is 17.4 Å². The van der Waals surface area contributed by atoms with Crippen molar-refractivity contribution in [3.05, 3.63) is 53.3 Å². The average molecular weight is 284 g/mol. The molecule has 2 rings (SSSR count). The van der Waals surface area contributed by atoms with Gasteiger partial charge in [0.2, 0.25) is 0 Å². The molecular weight excluding hydrogens is 264 g/mol. The maximum Gasteiger partial charge on any atom is 0.272 e. The number of nitrogens with one attached hydrogen (secondary N) is 2. The topological polar surface area (TPSA) is 62.0 Å². The van der Waals surface area contributed by atoms with Crippen molar-refractivity contribution in [2.45, 2.75) is 33.1 Å². The summed E-state index contributed by atoms with van der Waals surface area (Å²) in [6, 6.07) is 9.33. The molecule has 0 aliphatic rings. The number of Topliss-reactive ketones (excluding diaryl/α,β-unsaturated/α-hetero) is 1. The molecule has 0 saturated carbocycles. The van der Waals surface area contributed by atoms with E-state index in [0.29, 0.717) is 11.3 Å². The number of anilines is 1. The molecule has 0 aliphatic carbocycles. The van der Waals surface area contributed by atoms with E-state index in [2.05, 4.69) is 31.1 Å². The Kier molecular flexibility index (Phi) is 3.98. The molecule has 1 amide bonds. The van der Waals surface area contributed by atoms with Gasteiger partial charge in [-0.25, -0.2) is 0 Å². The summed E-state index contributed by atoms with van der Waals surface area (Å²) in [5.41, 5.74) is 2.90. The molecule has 4 heteroatoms. The number of carbonyl (C=O) groups excluding carboxylic acids is 2. The molecule has 0 fully saturated rings. The van der Waals surface area contributed by atoms with Gasteiger partial charge in [-0.05, 0) is 36.1 Å². The minimum absolute atomic E-state index is 0.0696. The van der Waals surface area contributed by atoms with Gasteiger partial charge < -0.3 is 10.3 Å². The highest BCUT2D eigenvalue weighted by molar-refractivity contribution is 6.05. The van der Waals surface area contributed by atoms with Gasteiger partial charge >= 0.3 is 0 Å². The number of amides is 1. The van der Waals surface area contributed by atoms with E-state index in [1.165, 1.54) is 12.5 Å². The Morgan fingerprint density at radius 1 is 1.10 bits per heavy atom. The number of hydrogen-bond donors (Lipinski definition) is 2. The van der Waals surface area contributed by atoms with E-state index >= 15 is 0 Å². The fourth-order valence-electron chi connectivity index (χ4n) is 1.98. The van der Waals surface area contributed by atoms with Gasteiger partial charge in [0.1, 0.15) is 5.69 Å². The number of aromatic amines is 1. The van der Waals surface area contributed by atoms with Crippen LogP contribution in [-0.2, 0) is 5.41 Å². The molecule has 2 aromatic rings. The zero-order valence-corrected chi connectivity index (χ0v) is 12.8. The summed E-state index contributed by atoms with van der Waals surface area (Å²) in [7, 11) is 0. The second-order valence-electron chi connectivity index (χ2n) is 6.14. The zero-order chi connectivity index (χ0) is 15.6. The van der Waals surface area contributed by atoms with E-state index < -0.39 is 0 Å². The van der Waals surface area contributed by atoms with Crippen LogP contribution in [0, 0.1) is 0 Å². The lowest BCUT2D eigenvalue weighted by molar-refractivity contribution is 0.101. The van der Waals surface area contributed by atoms with E-state index in [4.69, 9.17) is 0 Å². The predicted octanol–water partition coefficient (Wildman–Crippen LogP) is 3.77. The summed E-state index contributed by atoms with van der Waals surface area (Å²) in [6.45, 7) is 7.89. The molecule has 0 radical (unpaired) electrons. The van der Waals surface area contributed by atoms with Gasteiger partial charge in [-0.3, -0.25) is 9.59 Å². The Hall–Kier alpha value is -2.36. The lowest BCUT2D eigenvalue weighted by atomic mass is 9.87. The molecule has 0 bridgehead atoms. The number of rotatable bonds is 3. The first-order valence-corrected chi connectivity index (χ1v) is 6.88. The smallest absolute Gasteiger partial charge is 0.272 e. The minimum atomic E-state index is -0.258. The lowest BCUT2D eigenvalue weighted by Crippen LogP contribution is -2.13. The zero-order valence-electron chi connectivity index (χ0n) is 12.8. The van der Waals surface area contributed by atoms with E-state index in [-0.39, 0.29) is 17.1 Å². The average Bonchev–Trinajstić information content (AvgIpc) is 2.88. The lowest BCUT2D eigenvalue weighted by Gasteiger charge is -2.19. The van der Waals surface area contributed by atoms with Crippen molar-refractivity contribution in [3.8, 4) is 0 Å². The molecule has 2 N–H and O–H groups in total. The van der Waals surface area contributed by atoms with Crippen molar-refractivity contribution in [3.63, 3.8) is 0 Å². The van der Waals surface area contributed by atoms with Gasteiger partial charge in [0.05, 0.1) is 0 Å². The fourth-order valence-corrected chi connectivity index (χ4v) is 1.98. The first-order valence-electron chi connectivity index (χ1n) is 6.88. The molecule has 1 aromatic heterocycles. The first-order chi connectivity index (χ1) is 9.77. The highest BCUT2D eigenvalue weighted by Gasteiger charge is 2.14. The highest BCUT2D eigenvalue weighted by Crippen LogP contribution is 2.23. The molecular formula is C17H20N2O2. The Labute approximate surface area is 124 Å². The van der Waals surface area contributed by atoms with E-state index in [0.717, 1.165) is 5.69 Å². The van der Waals surface area contributed by atoms with Crippen LogP contribution in [0.1, 0.15) is 54.1 Å². The Morgan fingerprint density at radius 2 is 1.71 bits per heavy atom. The SMILES string of the molecule is CC(=O)c1c[nH]c(C(=O)Nc2ccc(C(C)(C)C)cc2)c1. The van der Waals surface area contributed by atoms with Crippen LogP contribution in [0.25, 0.3) is 0 Å². The number of H-pyrrole nitrogens is 1. The summed E-state index contributed by atoms with van der Waals surface area (Å²) < 4.78 is 0. The van der Waals surface area contributed by atoms with Gasteiger partial charge in [-0.2, -0.15) is 0 Å². The van der Waals surface area contributed by atoms with Crippen LogP contribution in [0.15, 0.2) is 36.5 Å². The molecule has 110 valence electrons. The molecule has 0 atom stereocenters. The third kappa shape index (κ3) is 3.60. The summed E-state index contributed by atoms with van der Waals surface area (Å²) in [5, 5.41) is 2.81. The first kappa shape index (κ1) is 15.0. The number of hydrogen-bond acceptors (Lipinski definition) is 2. The molecule has 0 aliphatic heterocycles. The maximum atomic E-state index is 12.1. The number of ketones is 1. The molecule has 1 aromatic carbocycles. The van der Waals surface area contributed by atoms with Crippen LogP contribution >= 0.6 is 0 Å². The summed E-state index contributed by atoms with van der Waals surface area (Å²) in [6.07, 6.45) is 1.54. The van der Waals surface area contributed by atoms with Gasteiger partial charge in [-0.15, -0.1) is 0 Å². The quantitative estimate of drug-likeness (QED) is 0.843. The minimum Gasteiger partial charge on any atom is -0.356 e. The monoisotopic (exact) mass is 284 g/mol. The molecule has 0 unspecified atom stereocenters. The third-order valence-corrected chi connectivity index (χ3v) is 3.34. The second-order valence-corrected chi connectivity index (χ2v) is 6.14. The van der Waals surface area contributed by atoms with Crippen LogP contribution in [0.2, 0.25) is 0 Å². The predicted molar refractivity (Wildman–Crippen MR) is 83.9 cm³/mol. The molecule has 1 heterocycles. The molecule has 0 spiro atoms. The van der Waals surface area contributed by atoms with Crippen LogP contribution in [-0.4, -0.2) is 16.7 Å². The van der Waals surface area contributed by atoms with Crippen molar-refractivity contribution in [2.24, 2.45) is 0 Å². The molecule has 0 saturated heterocycles. The van der Waals surface area contributed by atoms with Crippen LogP contribution < -0.4 is 5.32 Å². The van der Waals surface area contributed by atoms with Crippen LogP contribution in [0.5, 0.6) is 0 Å². The van der Waals surface area contributed by atoms with Gasteiger partial charge in [0.15, 0.2) is 5.78 Å². The van der Waals surface area contributed by atoms with Gasteiger partial charge in [0.25, 0.3) is 5.91 Å². The number of carbonyl (C=O) groups is 2. The number of aromatic nitrogens is 1. The summed E-state index contributed by atoms with van der Waals surface area (Å²) >= 11 is 0. The van der Waals surface area contributed by atoms with Crippen molar-refractivity contribution in [1.29, 1.82) is 0 Å². The Bertz CT molecular complexity index is 661. The summed E-state index contributed by atoms with van der Waals surface area (Å²) in [4.78, 5) is 26.1. The standard InChI is InChI=1S/C17H20N2O2/c1-11(20)12-9-15(18-10-12)16(21)19-14-7-5-13(6-8-14)17(2,3)4/h5-10,18H,1-4H3,(H,19,21). The maximum absolute atomic E-state index is 12.1. The second kappa shape index (κ2) is 5.56. The van der Waals surface area contributed by atoms with Crippen molar-refractivity contribution in [1.82, 2.24) is 4.98 Å². The van der Waals surface area contributed by atoms with E-state index in [1.54, 1.807) is 12.3 Å². The van der Waals surface area contributed by atoms with Gasteiger partial charge in [-0.1, -0.05) is 32.9 Å². The van der Waals surface area contributed by atoms with Crippen LogP contribution in [0.4, 0.5) is 5.69 Å².